The molecule has 11 heteroatoms. The molecule has 3 aliphatic rings. The van der Waals surface area contributed by atoms with Crippen LogP contribution in [0.3, 0.4) is 0 Å². The van der Waals surface area contributed by atoms with Crippen molar-refractivity contribution in [2.75, 3.05) is 20.6 Å². The number of aryl methyl sites for hydroxylation is 1. The maximum Gasteiger partial charge on any atom is 0.416 e. The molecule has 0 radical (unpaired) electrons. The molecular formula is C29H31F3N4O3S. The van der Waals surface area contributed by atoms with Crippen molar-refractivity contribution < 1.29 is 26.4 Å². The van der Waals surface area contributed by atoms with Crippen molar-refractivity contribution in [1.29, 1.82) is 0 Å². The van der Waals surface area contributed by atoms with Crippen LogP contribution in [0.1, 0.15) is 35.1 Å². The van der Waals surface area contributed by atoms with E-state index in [2.05, 4.69) is 28.4 Å². The van der Waals surface area contributed by atoms with Gasteiger partial charge in [0.2, 0.25) is 5.91 Å². The number of carbonyl (C=O) groups excluding carboxylic acids is 1. The summed E-state index contributed by atoms with van der Waals surface area (Å²) in [5.41, 5.74) is 3.35. The van der Waals surface area contributed by atoms with E-state index < -0.39 is 26.7 Å². The number of hydrogen-bond acceptors (Lipinski definition) is 5. The normalized spacial score (nSPS) is 18.8. The Bertz CT molecular complexity index is 1510. The molecule has 0 saturated heterocycles. The molecule has 7 nitrogen and oxygen atoms in total. The molecule has 2 aromatic carbocycles. The number of fused-ring (bicyclic) bond motifs is 2. The second kappa shape index (κ2) is 10.8. The molecule has 0 spiro atoms. The molecule has 212 valence electrons. The van der Waals surface area contributed by atoms with E-state index in [0.717, 1.165) is 41.9 Å². The Morgan fingerprint density at radius 1 is 1.10 bits per heavy atom. The van der Waals surface area contributed by atoms with Gasteiger partial charge in [-0.15, -0.1) is 0 Å². The van der Waals surface area contributed by atoms with Crippen LogP contribution in [0.4, 0.5) is 13.2 Å². The standard InChI is InChI=1S/C29H31F3N4O3S/c1-34(2)19-20-8-9-22-16-24(11-10-21(22)15-20)33-28(37)18-27-26-7-4-12-35(26)13-14-36(27)40(38,39)25-6-3-5-23(17-25)29(30,31)32/h3-9,13-15,17,24H,10-12,16,18-19H2,1-2H3,(H,33,37). The maximum absolute atomic E-state index is 13.6. The Morgan fingerprint density at radius 2 is 1.90 bits per heavy atom. The van der Waals surface area contributed by atoms with Crippen LogP contribution in [0.25, 0.3) is 0 Å². The SMILES string of the molecule is CN(C)Cc1ccc2c(c1)CCC(NC(=O)CC1=C3C=CCN3C=CN1S(=O)(=O)c1cccc(C(F)(F)F)c1)C2. The van der Waals surface area contributed by atoms with Gasteiger partial charge in [-0.05, 0) is 74.3 Å². The van der Waals surface area contributed by atoms with Crippen molar-refractivity contribution in [3.8, 4) is 0 Å². The minimum absolute atomic E-state index is 0.104. The molecule has 1 unspecified atom stereocenters. The summed E-state index contributed by atoms with van der Waals surface area (Å²) >= 11 is 0. The van der Waals surface area contributed by atoms with Crippen molar-refractivity contribution >= 4 is 15.9 Å². The zero-order valence-electron chi connectivity index (χ0n) is 22.3. The molecule has 0 fully saturated rings. The van der Waals surface area contributed by atoms with E-state index in [1.54, 1.807) is 17.2 Å². The highest BCUT2D eigenvalue weighted by Gasteiger charge is 2.36. The highest BCUT2D eigenvalue weighted by molar-refractivity contribution is 7.89. The fourth-order valence-corrected chi connectivity index (χ4v) is 6.80. The van der Waals surface area contributed by atoms with Crippen LogP contribution in [-0.4, -0.2) is 55.1 Å². The van der Waals surface area contributed by atoms with Crippen LogP contribution in [0.5, 0.6) is 0 Å². The summed E-state index contributed by atoms with van der Waals surface area (Å²) in [5.74, 6) is -0.347. The second-order valence-corrected chi connectivity index (χ2v) is 12.4. The Hall–Kier alpha value is -3.57. The Balaban J connectivity index is 1.34. The van der Waals surface area contributed by atoms with E-state index in [9.17, 15) is 26.4 Å². The summed E-state index contributed by atoms with van der Waals surface area (Å²) < 4.78 is 68.0. The zero-order chi connectivity index (χ0) is 28.7. The highest BCUT2D eigenvalue weighted by atomic mass is 32.2. The number of amides is 1. The van der Waals surface area contributed by atoms with Gasteiger partial charge in [-0.25, -0.2) is 12.7 Å². The molecule has 1 atom stereocenters. The van der Waals surface area contributed by atoms with Gasteiger partial charge in [0.1, 0.15) is 0 Å². The molecule has 0 saturated carbocycles. The molecule has 1 aliphatic carbocycles. The van der Waals surface area contributed by atoms with Gasteiger partial charge in [0, 0.05) is 31.5 Å². The monoisotopic (exact) mass is 572 g/mol. The first-order valence-electron chi connectivity index (χ1n) is 13.0. The minimum Gasteiger partial charge on any atom is -0.353 e. The number of rotatable bonds is 7. The fraction of sp³-hybridized carbons (Fsp3) is 0.345. The topological polar surface area (TPSA) is 73.0 Å². The van der Waals surface area contributed by atoms with E-state index in [1.807, 2.05) is 20.2 Å². The van der Waals surface area contributed by atoms with Crippen molar-refractivity contribution in [3.63, 3.8) is 0 Å². The number of benzene rings is 2. The van der Waals surface area contributed by atoms with E-state index in [4.69, 9.17) is 0 Å². The maximum atomic E-state index is 13.6. The van der Waals surface area contributed by atoms with Crippen LogP contribution in [-0.2, 0) is 40.4 Å². The Kier molecular flexibility index (Phi) is 7.54. The summed E-state index contributed by atoms with van der Waals surface area (Å²) in [6.45, 7) is 1.36. The third kappa shape index (κ3) is 5.80. The molecular weight excluding hydrogens is 541 g/mol. The number of sulfonamides is 1. The number of nitrogens with one attached hydrogen (secondary N) is 1. The van der Waals surface area contributed by atoms with Gasteiger partial charge in [-0.3, -0.25) is 4.79 Å². The summed E-state index contributed by atoms with van der Waals surface area (Å²) in [5, 5.41) is 3.06. The molecule has 1 N–H and O–H groups in total. The van der Waals surface area contributed by atoms with Gasteiger partial charge in [0.05, 0.1) is 28.3 Å². The Morgan fingerprint density at radius 3 is 2.65 bits per heavy atom. The van der Waals surface area contributed by atoms with Crippen molar-refractivity contribution in [1.82, 2.24) is 19.4 Å². The van der Waals surface area contributed by atoms with Gasteiger partial charge in [-0.1, -0.05) is 30.3 Å². The number of allylic oxidation sites excluding steroid dienone is 1. The first kappa shape index (κ1) is 28.0. The number of carbonyl (C=O) groups is 1. The first-order chi connectivity index (χ1) is 18.9. The first-order valence-corrected chi connectivity index (χ1v) is 14.5. The number of hydrogen-bond donors (Lipinski definition) is 1. The van der Waals surface area contributed by atoms with E-state index in [0.29, 0.717) is 24.7 Å². The number of nitrogens with zero attached hydrogens (tertiary/aromatic N) is 3. The molecule has 2 aromatic rings. The lowest BCUT2D eigenvalue weighted by Gasteiger charge is -2.32. The lowest BCUT2D eigenvalue weighted by Crippen LogP contribution is -2.41. The summed E-state index contributed by atoms with van der Waals surface area (Å²) in [7, 11) is -0.372. The molecule has 1 amide bonds. The van der Waals surface area contributed by atoms with Crippen LogP contribution in [0.15, 0.2) is 83.3 Å². The van der Waals surface area contributed by atoms with Gasteiger partial charge in [-0.2, -0.15) is 13.2 Å². The van der Waals surface area contributed by atoms with Gasteiger partial charge in [0.25, 0.3) is 10.0 Å². The predicted molar refractivity (Wildman–Crippen MR) is 145 cm³/mol. The quantitative estimate of drug-likeness (QED) is 0.533. The number of alkyl halides is 3. The number of halogens is 3. The third-order valence-corrected chi connectivity index (χ3v) is 8.95. The smallest absolute Gasteiger partial charge is 0.353 e. The van der Waals surface area contributed by atoms with Crippen LogP contribution >= 0.6 is 0 Å². The van der Waals surface area contributed by atoms with Gasteiger partial charge in [0.15, 0.2) is 0 Å². The minimum atomic E-state index is -4.69. The van der Waals surface area contributed by atoms with Crippen LogP contribution < -0.4 is 5.32 Å². The van der Waals surface area contributed by atoms with Crippen molar-refractivity contribution in [2.24, 2.45) is 0 Å². The largest absolute Gasteiger partial charge is 0.416 e. The molecule has 0 aromatic heterocycles. The van der Waals surface area contributed by atoms with Gasteiger partial charge >= 0.3 is 6.18 Å². The predicted octanol–water partition coefficient (Wildman–Crippen LogP) is 4.39. The molecule has 0 bridgehead atoms. The van der Waals surface area contributed by atoms with Crippen LogP contribution in [0, 0.1) is 0 Å². The second-order valence-electron chi connectivity index (χ2n) is 10.5. The van der Waals surface area contributed by atoms with Crippen LogP contribution in [0.2, 0.25) is 0 Å². The van der Waals surface area contributed by atoms with Gasteiger partial charge < -0.3 is 15.1 Å². The van der Waals surface area contributed by atoms with E-state index >= 15 is 0 Å². The fourth-order valence-electron chi connectivity index (χ4n) is 5.38. The molecule has 40 heavy (non-hydrogen) atoms. The third-order valence-electron chi connectivity index (χ3n) is 7.24. The lowest BCUT2D eigenvalue weighted by atomic mass is 9.87. The van der Waals surface area contributed by atoms with E-state index in [1.165, 1.54) is 22.9 Å². The molecule has 2 heterocycles. The molecule has 5 rings (SSSR count). The highest BCUT2D eigenvalue weighted by Crippen LogP contribution is 2.35. The summed E-state index contributed by atoms with van der Waals surface area (Å²) in [6.07, 6.45) is 3.71. The van der Waals surface area contributed by atoms with Crippen molar-refractivity contribution in [3.05, 3.63) is 101 Å². The van der Waals surface area contributed by atoms with E-state index in [-0.39, 0.29) is 24.1 Å². The zero-order valence-corrected chi connectivity index (χ0v) is 23.1. The summed E-state index contributed by atoms with van der Waals surface area (Å²) in [6, 6.07) is 9.95. The lowest BCUT2D eigenvalue weighted by molar-refractivity contribution is -0.137. The average Bonchev–Trinajstić information content (AvgIpc) is 3.38. The summed E-state index contributed by atoms with van der Waals surface area (Å²) in [4.78, 5) is 16.7. The Labute approximate surface area is 232 Å². The average molecular weight is 573 g/mol. The van der Waals surface area contributed by atoms with Crippen molar-refractivity contribution in [2.45, 2.75) is 49.3 Å². The molecule has 2 aliphatic heterocycles.